The number of sulfonamides is 1. The molecule has 2 aromatic rings. The van der Waals surface area contributed by atoms with Crippen LogP contribution in [0.1, 0.15) is 0 Å². The highest BCUT2D eigenvalue weighted by Gasteiger charge is 2.16. The summed E-state index contributed by atoms with van der Waals surface area (Å²) in [5.74, 6) is -0.274. The van der Waals surface area contributed by atoms with Crippen LogP contribution in [0, 0.1) is 0 Å². The van der Waals surface area contributed by atoms with Gasteiger partial charge in [-0.25, -0.2) is 22.4 Å². The van der Waals surface area contributed by atoms with Gasteiger partial charge in [0.2, 0.25) is 15.9 Å². The Labute approximate surface area is 122 Å². The fourth-order valence-corrected chi connectivity index (χ4v) is 2.48. The quantitative estimate of drug-likeness (QED) is 0.849. The summed E-state index contributed by atoms with van der Waals surface area (Å²) in [7, 11) is -0.542. The smallest absolute Gasteiger partial charge is 0.246 e. The molecule has 21 heavy (non-hydrogen) atoms. The molecule has 1 heterocycles. The minimum absolute atomic E-state index is 0.0394. The summed E-state index contributed by atoms with van der Waals surface area (Å²) in [5, 5.41) is 6.48. The second-order valence-electron chi connectivity index (χ2n) is 4.45. The third-order valence-corrected chi connectivity index (χ3v) is 4.52. The molecule has 0 aliphatic carbocycles. The van der Waals surface area contributed by atoms with Crippen LogP contribution in [0.15, 0.2) is 41.8 Å². The normalized spacial score (nSPS) is 11.6. The zero-order valence-corrected chi connectivity index (χ0v) is 12.4. The molecule has 1 N–H and O–H groups in total. The zero-order valence-electron chi connectivity index (χ0n) is 11.6. The summed E-state index contributed by atoms with van der Waals surface area (Å²) in [6, 6.07) is 5.96. The molecule has 0 atom stereocenters. The number of benzene rings is 1. The lowest BCUT2D eigenvalue weighted by Crippen LogP contribution is -2.22. The van der Waals surface area contributed by atoms with E-state index < -0.39 is 10.0 Å². The van der Waals surface area contributed by atoms with E-state index in [0.717, 1.165) is 4.31 Å². The minimum atomic E-state index is -3.46. The van der Waals surface area contributed by atoms with Crippen molar-refractivity contribution in [3.63, 3.8) is 0 Å². The predicted octanol–water partition coefficient (Wildman–Crippen LogP) is 0.167. The van der Waals surface area contributed by atoms with Crippen LogP contribution in [0.25, 0.3) is 0 Å². The number of carbonyl (C=O) groups excluding carboxylic acids is 1. The van der Waals surface area contributed by atoms with Gasteiger partial charge < -0.3 is 5.32 Å². The van der Waals surface area contributed by atoms with Crippen molar-refractivity contribution in [2.24, 2.45) is 0 Å². The fourth-order valence-electron chi connectivity index (χ4n) is 1.58. The lowest BCUT2D eigenvalue weighted by molar-refractivity contribution is -0.116. The molecular weight excluding hydrogens is 294 g/mol. The van der Waals surface area contributed by atoms with Crippen molar-refractivity contribution in [2.45, 2.75) is 11.4 Å². The lowest BCUT2D eigenvalue weighted by atomic mass is 10.3. The Morgan fingerprint density at radius 2 is 1.95 bits per heavy atom. The number of hydrogen-bond donors (Lipinski definition) is 1. The summed E-state index contributed by atoms with van der Waals surface area (Å²) in [5.41, 5.74) is 0.512. The Morgan fingerprint density at radius 1 is 1.29 bits per heavy atom. The maximum Gasteiger partial charge on any atom is 0.246 e. The van der Waals surface area contributed by atoms with Gasteiger partial charge in [0.25, 0.3) is 0 Å². The van der Waals surface area contributed by atoms with Gasteiger partial charge in [-0.3, -0.25) is 4.79 Å². The summed E-state index contributed by atoms with van der Waals surface area (Å²) in [6.07, 6.45) is 2.78. The van der Waals surface area contributed by atoms with E-state index in [-0.39, 0.29) is 17.3 Å². The molecular formula is C12H15N5O3S. The van der Waals surface area contributed by atoms with E-state index in [1.807, 2.05) is 0 Å². The number of nitrogens with one attached hydrogen (secondary N) is 1. The Hall–Kier alpha value is -2.26. The average molecular weight is 309 g/mol. The van der Waals surface area contributed by atoms with Crippen molar-refractivity contribution in [1.29, 1.82) is 0 Å². The number of amides is 1. The first-order valence-electron chi connectivity index (χ1n) is 6.04. The van der Waals surface area contributed by atoms with Crippen LogP contribution >= 0.6 is 0 Å². The highest BCUT2D eigenvalue weighted by Crippen LogP contribution is 2.16. The topological polar surface area (TPSA) is 97.2 Å². The molecule has 1 amide bonds. The first-order chi connectivity index (χ1) is 9.89. The Bertz CT molecular complexity index is 708. The molecule has 0 spiro atoms. The molecule has 1 aromatic carbocycles. The van der Waals surface area contributed by atoms with Crippen LogP contribution < -0.4 is 5.32 Å². The van der Waals surface area contributed by atoms with E-state index in [4.69, 9.17) is 0 Å². The molecule has 0 aliphatic heterocycles. The first-order valence-corrected chi connectivity index (χ1v) is 7.48. The average Bonchev–Trinajstić information content (AvgIpc) is 2.91. The molecule has 0 unspecified atom stereocenters. The SMILES string of the molecule is CN(C)S(=O)(=O)c1ccc(NC(=O)Cn2cncn2)cc1. The van der Waals surface area contributed by atoms with Crippen molar-refractivity contribution in [3.8, 4) is 0 Å². The van der Waals surface area contributed by atoms with Gasteiger partial charge >= 0.3 is 0 Å². The summed E-state index contributed by atoms with van der Waals surface area (Å²) in [4.78, 5) is 15.6. The van der Waals surface area contributed by atoms with Gasteiger partial charge in [-0.2, -0.15) is 5.10 Å². The number of anilines is 1. The number of rotatable bonds is 5. The van der Waals surface area contributed by atoms with Crippen molar-refractivity contribution >= 4 is 21.6 Å². The van der Waals surface area contributed by atoms with E-state index in [1.165, 1.54) is 55.7 Å². The molecule has 0 fully saturated rings. The summed E-state index contributed by atoms with van der Waals surface area (Å²) >= 11 is 0. The van der Waals surface area contributed by atoms with E-state index >= 15 is 0 Å². The molecule has 0 bridgehead atoms. The van der Waals surface area contributed by atoms with Crippen molar-refractivity contribution in [1.82, 2.24) is 19.1 Å². The largest absolute Gasteiger partial charge is 0.324 e. The molecule has 1 aromatic heterocycles. The van der Waals surface area contributed by atoms with Gasteiger partial charge in [0, 0.05) is 19.8 Å². The predicted molar refractivity (Wildman–Crippen MR) is 76.0 cm³/mol. The lowest BCUT2D eigenvalue weighted by Gasteiger charge is -2.12. The second kappa shape index (κ2) is 6.02. The Balaban J connectivity index is 2.04. The van der Waals surface area contributed by atoms with Crippen molar-refractivity contribution < 1.29 is 13.2 Å². The third kappa shape index (κ3) is 3.64. The van der Waals surface area contributed by atoms with Crippen LogP contribution in [0.5, 0.6) is 0 Å². The number of hydrogen-bond acceptors (Lipinski definition) is 5. The summed E-state index contributed by atoms with van der Waals surface area (Å²) in [6.45, 7) is 0.0394. The maximum absolute atomic E-state index is 11.9. The van der Waals surface area contributed by atoms with Gasteiger partial charge in [-0.1, -0.05) is 0 Å². The monoisotopic (exact) mass is 309 g/mol. The van der Waals surface area contributed by atoms with Gasteiger partial charge in [0.15, 0.2) is 0 Å². The van der Waals surface area contributed by atoms with E-state index in [9.17, 15) is 13.2 Å². The molecule has 0 radical (unpaired) electrons. The van der Waals surface area contributed by atoms with Gasteiger partial charge in [0.1, 0.15) is 19.2 Å². The van der Waals surface area contributed by atoms with Crippen molar-refractivity contribution in [2.75, 3.05) is 19.4 Å². The highest BCUT2D eigenvalue weighted by molar-refractivity contribution is 7.89. The maximum atomic E-state index is 11.9. The molecule has 0 saturated carbocycles. The van der Waals surface area contributed by atoms with Crippen LogP contribution in [-0.4, -0.2) is 47.5 Å². The van der Waals surface area contributed by atoms with Gasteiger partial charge in [-0.05, 0) is 24.3 Å². The van der Waals surface area contributed by atoms with Crippen molar-refractivity contribution in [3.05, 3.63) is 36.9 Å². The zero-order chi connectivity index (χ0) is 15.5. The standard InChI is InChI=1S/C12H15N5O3S/c1-16(2)21(19,20)11-5-3-10(4-6-11)15-12(18)7-17-9-13-8-14-17/h3-6,8-9H,7H2,1-2H3,(H,15,18). The molecule has 2 rings (SSSR count). The number of nitrogens with zero attached hydrogens (tertiary/aromatic N) is 4. The number of carbonyl (C=O) groups is 1. The van der Waals surface area contributed by atoms with Crippen LogP contribution in [0.4, 0.5) is 5.69 Å². The van der Waals surface area contributed by atoms with Gasteiger partial charge in [0.05, 0.1) is 4.90 Å². The molecule has 0 saturated heterocycles. The van der Waals surface area contributed by atoms with Crippen LogP contribution in [0.2, 0.25) is 0 Å². The molecule has 9 heteroatoms. The molecule has 0 aliphatic rings. The van der Waals surface area contributed by atoms with Gasteiger partial charge in [-0.15, -0.1) is 0 Å². The van der Waals surface area contributed by atoms with E-state index in [1.54, 1.807) is 0 Å². The van der Waals surface area contributed by atoms with E-state index in [2.05, 4.69) is 15.4 Å². The molecule has 8 nitrogen and oxygen atoms in total. The molecule has 112 valence electrons. The minimum Gasteiger partial charge on any atom is -0.324 e. The fraction of sp³-hybridized carbons (Fsp3) is 0.250. The number of aromatic nitrogens is 3. The highest BCUT2D eigenvalue weighted by atomic mass is 32.2. The van der Waals surface area contributed by atoms with Crippen LogP contribution in [0.3, 0.4) is 0 Å². The van der Waals surface area contributed by atoms with E-state index in [0.29, 0.717) is 5.69 Å². The Morgan fingerprint density at radius 3 is 2.48 bits per heavy atom. The van der Waals surface area contributed by atoms with Crippen LogP contribution in [-0.2, 0) is 21.4 Å². The Kier molecular flexibility index (Phi) is 4.34. The summed E-state index contributed by atoms with van der Waals surface area (Å²) < 4.78 is 26.3. The third-order valence-electron chi connectivity index (χ3n) is 2.69. The second-order valence-corrected chi connectivity index (χ2v) is 6.60. The first kappa shape index (κ1) is 15.1.